The number of aromatic nitrogens is 1. The summed E-state index contributed by atoms with van der Waals surface area (Å²) in [6.45, 7) is 11.3. The fourth-order valence-corrected chi connectivity index (χ4v) is 3.62. The number of rotatable bonds is 4. The summed E-state index contributed by atoms with van der Waals surface area (Å²) in [6.07, 6.45) is 8.39. The van der Waals surface area contributed by atoms with E-state index in [1.807, 2.05) is 0 Å². The zero-order valence-corrected chi connectivity index (χ0v) is 16.2. The van der Waals surface area contributed by atoms with Crippen LogP contribution in [-0.2, 0) is 6.42 Å². The van der Waals surface area contributed by atoms with Crippen molar-refractivity contribution in [2.45, 2.75) is 33.6 Å². The number of nitrogens with zero attached hydrogens (tertiary/aromatic N) is 2. The number of allylic oxidation sites excluding steroid dienone is 5. The van der Waals surface area contributed by atoms with Gasteiger partial charge in [0, 0.05) is 22.1 Å². The SMILES string of the molecule is C=C(C=CC(=CC)n1c2c(c3cc(Br)ccc31)CCN=C2C)CC. The van der Waals surface area contributed by atoms with Crippen LogP contribution in [0.4, 0.5) is 0 Å². The second-order valence-corrected chi connectivity index (χ2v) is 7.02. The molecule has 0 bridgehead atoms. The summed E-state index contributed by atoms with van der Waals surface area (Å²) in [5, 5.41) is 1.32. The zero-order valence-electron chi connectivity index (χ0n) is 14.6. The summed E-state index contributed by atoms with van der Waals surface area (Å²) in [4.78, 5) is 4.69. The summed E-state index contributed by atoms with van der Waals surface area (Å²) in [5.41, 5.74) is 7.29. The molecule has 124 valence electrons. The average molecular weight is 383 g/mol. The molecule has 1 aromatic heterocycles. The van der Waals surface area contributed by atoms with E-state index in [0.717, 1.165) is 40.8 Å². The van der Waals surface area contributed by atoms with E-state index in [2.05, 4.69) is 84.3 Å². The predicted octanol–water partition coefficient (Wildman–Crippen LogP) is 6.15. The van der Waals surface area contributed by atoms with Crippen molar-refractivity contribution in [2.24, 2.45) is 4.99 Å². The minimum Gasteiger partial charge on any atom is -0.308 e. The van der Waals surface area contributed by atoms with E-state index < -0.39 is 0 Å². The van der Waals surface area contributed by atoms with Crippen LogP contribution in [0.15, 0.2) is 58.0 Å². The third-order valence-electron chi connectivity index (χ3n) is 4.59. The van der Waals surface area contributed by atoms with Crippen molar-refractivity contribution in [2.75, 3.05) is 6.54 Å². The van der Waals surface area contributed by atoms with E-state index in [0.29, 0.717) is 0 Å². The van der Waals surface area contributed by atoms with Crippen molar-refractivity contribution in [1.82, 2.24) is 4.57 Å². The van der Waals surface area contributed by atoms with Crippen molar-refractivity contribution in [3.05, 3.63) is 64.3 Å². The van der Waals surface area contributed by atoms with Gasteiger partial charge in [-0.1, -0.05) is 47.2 Å². The van der Waals surface area contributed by atoms with E-state index in [1.165, 1.54) is 22.2 Å². The number of hydrogen-bond acceptors (Lipinski definition) is 1. The lowest BCUT2D eigenvalue weighted by molar-refractivity contribution is 0.931. The molecule has 0 atom stereocenters. The first-order valence-electron chi connectivity index (χ1n) is 8.43. The minimum absolute atomic E-state index is 0.873. The van der Waals surface area contributed by atoms with Crippen molar-refractivity contribution >= 4 is 38.2 Å². The molecule has 0 saturated heterocycles. The Morgan fingerprint density at radius 3 is 2.88 bits per heavy atom. The second kappa shape index (κ2) is 6.94. The molecule has 0 saturated carbocycles. The number of benzene rings is 1. The van der Waals surface area contributed by atoms with Crippen molar-refractivity contribution in [3.8, 4) is 0 Å². The highest BCUT2D eigenvalue weighted by Gasteiger charge is 2.22. The van der Waals surface area contributed by atoms with Crippen molar-refractivity contribution < 1.29 is 0 Å². The van der Waals surface area contributed by atoms with Gasteiger partial charge < -0.3 is 4.57 Å². The Kier molecular flexibility index (Phi) is 4.91. The lowest BCUT2D eigenvalue weighted by atomic mass is 10.0. The molecular formula is C21H23BrN2. The first-order chi connectivity index (χ1) is 11.6. The predicted molar refractivity (Wildman–Crippen MR) is 109 cm³/mol. The van der Waals surface area contributed by atoms with Crippen LogP contribution in [0, 0.1) is 0 Å². The molecule has 3 heteroatoms. The Morgan fingerprint density at radius 1 is 1.38 bits per heavy atom. The molecule has 1 aliphatic heterocycles. The average Bonchev–Trinajstić information content (AvgIpc) is 2.90. The smallest absolute Gasteiger partial charge is 0.0708 e. The van der Waals surface area contributed by atoms with Crippen molar-refractivity contribution in [1.29, 1.82) is 0 Å². The highest BCUT2D eigenvalue weighted by molar-refractivity contribution is 9.10. The molecule has 0 unspecified atom stereocenters. The van der Waals surface area contributed by atoms with Crippen LogP contribution in [0.5, 0.6) is 0 Å². The van der Waals surface area contributed by atoms with Crippen LogP contribution in [0.2, 0.25) is 0 Å². The zero-order chi connectivity index (χ0) is 17.3. The van der Waals surface area contributed by atoms with Crippen LogP contribution >= 0.6 is 15.9 Å². The molecule has 3 rings (SSSR count). The van der Waals surface area contributed by atoms with E-state index in [9.17, 15) is 0 Å². The maximum atomic E-state index is 4.69. The van der Waals surface area contributed by atoms with Crippen LogP contribution in [-0.4, -0.2) is 16.8 Å². The van der Waals surface area contributed by atoms with Gasteiger partial charge in [-0.05, 0) is 56.5 Å². The molecule has 2 aromatic rings. The number of hydrogen-bond donors (Lipinski definition) is 0. The molecule has 0 spiro atoms. The van der Waals surface area contributed by atoms with Gasteiger partial charge in [0.15, 0.2) is 0 Å². The Hall–Kier alpha value is -1.87. The topological polar surface area (TPSA) is 17.3 Å². The standard InChI is InChI=1S/C21H23BrN2/c1-5-14(3)7-9-17(6-2)24-20-10-8-16(22)13-19(20)18-11-12-23-15(4)21(18)24/h6-10,13H,3,5,11-12H2,1-2,4H3. The molecule has 0 fully saturated rings. The molecule has 1 aliphatic rings. The van der Waals surface area contributed by atoms with Crippen LogP contribution in [0.3, 0.4) is 0 Å². The minimum atomic E-state index is 0.873. The van der Waals surface area contributed by atoms with Gasteiger partial charge in [0.25, 0.3) is 0 Å². The van der Waals surface area contributed by atoms with Crippen molar-refractivity contribution in [3.63, 3.8) is 0 Å². The summed E-state index contributed by atoms with van der Waals surface area (Å²) < 4.78 is 3.46. The van der Waals surface area contributed by atoms with Gasteiger partial charge in [-0.15, -0.1) is 0 Å². The maximum Gasteiger partial charge on any atom is 0.0708 e. The third-order valence-corrected chi connectivity index (χ3v) is 5.08. The largest absolute Gasteiger partial charge is 0.308 e. The van der Waals surface area contributed by atoms with E-state index in [4.69, 9.17) is 4.99 Å². The number of halogens is 1. The molecular weight excluding hydrogens is 360 g/mol. The quantitative estimate of drug-likeness (QED) is 0.564. The monoisotopic (exact) mass is 382 g/mol. The normalized spacial score (nSPS) is 15.0. The van der Waals surface area contributed by atoms with Crippen LogP contribution in [0.1, 0.15) is 38.4 Å². The second-order valence-electron chi connectivity index (χ2n) is 6.10. The van der Waals surface area contributed by atoms with Gasteiger partial charge in [0.05, 0.1) is 16.9 Å². The maximum absolute atomic E-state index is 4.69. The highest BCUT2D eigenvalue weighted by atomic mass is 79.9. The molecule has 2 nitrogen and oxygen atoms in total. The summed E-state index contributed by atoms with van der Waals surface area (Å²) >= 11 is 3.62. The lowest BCUT2D eigenvalue weighted by Gasteiger charge is -2.16. The van der Waals surface area contributed by atoms with Gasteiger partial charge >= 0.3 is 0 Å². The van der Waals surface area contributed by atoms with E-state index in [1.54, 1.807) is 0 Å². The first kappa shape index (κ1) is 17.0. The fraction of sp³-hybridized carbons (Fsp3) is 0.286. The summed E-state index contributed by atoms with van der Waals surface area (Å²) in [6, 6.07) is 6.53. The highest BCUT2D eigenvalue weighted by Crippen LogP contribution is 2.34. The fourth-order valence-electron chi connectivity index (χ4n) is 3.26. The van der Waals surface area contributed by atoms with Gasteiger partial charge in [-0.3, -0.25) is 4.99 Å². The number of fused-ring (bicyclic) bond motifs is 3. The Bertz CT molecular complexity index is 894. The van der Waals surface area contributed by atoms with E-state index >= 15 is 0 Å². The van der Waals surface area contributed by atoms with E-state index in [-0.39, 0.29) is 0 Å². The van der Waals surface area contributed by atoms with Gasteiger partial charge in [-0.2, -0.15) is 0 Å². The number of aliphatic imine (C=N–C) groups is 1. The van der Waals surface area contributed by atoms with Gasteiger partial charge in [0.2, 0.25) is 0 Å². The molecule has 0 N–H and O–H groups in total. The molecule has 24 heavy (non-hydrogen) atoms. The first-order valence-corrected chi connectivity index (χ1v) is 9.23. The Morgan fingerprint density at radius 2 is 2.17 bits per heavy atom. The Balaban J connectivity index is 2.27. The molecule has 2 heterocycles. The Labute approximate surface area is 152 Å². The molecule has 1 aromatic carbocycles. The summed E-state index contributed by atoms with van der Waals surface area (Å²) in [7, 11) is 0. The molecule has 0 aliphatic carbocycles. The van der Waals surface area contributed by atoms with Crippen LogP contribution < -0.4 is 0 Å². The molecule has 0 amide bonds. The summed E-state index contributed by atoms with van der Waals surface area (Å²) in [5.74, 6) is 0. The molecule has 0 radical (unpaired) electrons. The van der Waals surface area contributed by atoms with Gasteiger partial charge in [-0.25, -0.2) is 0 Å². The van der Waals surface area contributed by atoms with Gasteiger partial charge in [0.1, 0.15) is 0 Å². The lowest BCUT2D eigenvalue weighted by Crippen LogP contribution is -2.13. The third kappa shape index (κ3) is 2.93. The van der Waals surface area contributed by atoms with Crippen LogP contribution in [0.25, 0.3) is 16.6 Å².